The molecule has 6 N–H and O–H groups in total. The van der Waals surface area contributed by atoms with Crippen molar-refractivity contribution in [1.82, 2.24) is 31.1 Å². The fourth-order valence-electron chi connectivity index (χ4n) is 10.8. The summed E-state index contributed by atoms with van der Waals surface area (Å²) in [5.74, 6) is 1.03. The van der Waals surface area contributed by atoms with Crippen LogP contribution < -0.4 is 27.0 Å². The Kier molecular flexibility index (Phi) is 21.1. The van der Waals surface area contributed by atoms with Crippen molar-refractivity contribution in [2.75, 3.05) is 51.5 Å². The SMILES string of the molecule is CN[C@@H](C)C(=O)N[C@H]1CCS[C@H]2CC(C)(C)[C@@H](C(=O)C[C@H](COCCCCCCCCOC[C@@H](NC(=O)[C@H]3N4C(=O)[C@@H](NC(=O)[C@H](C)N)CCS[C@H]4CC3(C)C)c3ccccc3)c3ccccc3)N2C1. The summed E-state index contributed by atoms with van der Waals surface area (Å²) in [6.45, 7) is 14.7. The molecule has 16 heteroatoms. The van der Waals surface area contributed by atoms with Gasteiger partial charge in [0.2, 0.25) is 23.6 Å². The zero-order valence-corrected chi connectivity index (χ0v) is 44.6. The molecule has 70 heavy (non-hydrogen) atoms. The second-order valence-corrected chi connectivity index (χ2v) is 24.0. The van der Waals surface area contributed by atoms with E-state index in [0.717, 1.165) is 68.2 Å². The number of nitrogens with two attached hydrogens (primary N) is 1. The summed E-state index contributed by atoms with van der Waals surface area (Å²) in [7, 11) is 1.80. The Hall–Kier alpha value is -3.51. The zero-order valence-electron chi connectivity index (χ0n) is 42.9. The number of benzene rings is 2. The number of nitrogens with zero attached hydrogens (tertiary/aromatic N) is 2. The normalized spacial score (nSPS) is 25.9. The highest BCUT2D eigenvalue weighted by Gasteiger charge is 2.55. The molecular formula is C54H83N7O7S2. The predicted octanol–water partition coefficient (Wildman–Crippen LogP) is 6.54. The first-order chi connectivity index (χ1) is 33.5. The second-order valence-electron chi connectivity index (χ2n) is 21.4. The minimum atomic E-state index is -0.739. The van der Waals surface area contributed by atoms with E-state index in [4.69, 9.17) is 15.2 Å². The average Bonchev–Trinajstić information content (AvgIpc) is 3.59. The van der Waals surface area contributed by atoms with Gasteiger partial charge in [-0.2, -0.15) is 0 Å². The van der Waals surface area contributed by atoms with Gasteiger partial charge in [-0.05, 0) is 92.9 Å². The highest BCUT2D eigenvalue weighted by atomic mass is 32.2. The van der Waals surface area contributed by atoms with E-state index in [2.05, 4.69) is 52.1 Å². The van der Waals surface area contributed by atoms with Gasteiger partial charge >= 0.3 is 0 Å². The van der Waals surface area contributed by atoms with Crippen LogP contribution in [0.15, 0.2) is 60.7 Å². The highest BCUT2D eigenvalue weighted by Crippen LogP contribution is 2.48. The number of hydrogen-bond acceptors (Lipinski definition) is 12. The van der Waals surface area contributed by atoms with Crippen LogP contribution in [0.4, 0.5) is 0 Å². The lowest BCUT2D eigenvalue weighted by Crippen LogP contribution is -2.58. The van der Waals surface area contributed by atoms with E-state index in [9.17, 15) is 24.0 Å². The van der Waals surface area contributed by atoms with Crippen molar-refractivity contribution in [1.29, 1.82) is 0 Å². The number of ketones is 1. The van der Waals surface area contributed by atoms with Crippen LogP contribution in [0, 0.1) is 10.8 Å². The summed E-state index contributed by atoms with van der Waals surface area (Å²) in [5.41, 5.74) is 7.22. The molecule has 0 bridgehead atoms. The maximum atomic E-state index is 14.5. The predicted molar refractivity (Wildman–Crippen MR) is 281 cm³/mol. The third-order valence-electron chi connectivity index (χ3n) is 14.8. The van der Waals surface area contributed by atoms with Gasteiger partial charge in [-0.3, -0.25) is 28.9 Å². The van der Waals surface area contributed by atoms with Gasteiger partial charge in [0.15, 0.2) is 5.78 Å². The number of thioether (sulfide) groups is 2. The van der Waals surface area contributed by atoms with E-state index < -0.39 is 29.6 Å². The molecule has 4 amide bonds. The van der Waals surface area contributed by atoms with Crippen LogP contribution in [0.3, 0.4) is 0 Å². The first-order valence-corrected chi connectivity index (χ1v) is 28.0. The van der Waals surface area contributed by atoms with E-state index in [1.54, 1.807) is 30.6 Å². The summed E-state index contributed by atoms with van der Waals surface area (Å²) in [6, 6.07) is 17.1. The Morgan fingerprint density at radius 1 is 0.743 bits per heavy atom. The number of amides is 4. The molecule has 4 saturated heterocycles. The van der Waals surface area contributed by atoms with Crippen molar-refractivity contribution in [3.8, 4) is 0 Å². The Bertz CT molecular complexity index is 2010. The van der Waals surface area contributed by atoms with Gasteiger partial charge in [0.25, 0.3) is 0 Å². The lowest BCUT2D eigenvalue weighted by atomic mass is 9.79. The monoisotopic (exact) mass is 1010 g/mol. The molecule has 0 saturated carbocycles. The molecule has 4 heterocycles. The quantitative estimate of drug-likeness (QED) is 0.0679. The topological polar surface area (TPSA) is 184 Å². The lowest BCUT2D eigenvalue weighted by Gasteiger charge is -2.35. The van der Waals surface area contributed by atoms with Crippen LogP contribution in [0.1, 0.15) is 135 Å². The summed E-state index contributed by atoms with van der Waals surface area (Å²) < 4.78 is 12.6. The maximum absolute atomic E-state index is 14.5. The van der Waals surface area contributed by atoms with Crippen LogP contribution in [0.2, 0.25) is 0 Å². The van der Waals surface area contributed by atoms with Crippen molar-refractivity contribution >= 4 is 52.9 Å². The van der Waals surface area contributed by atoms with E-state index in [1.165, 1.54) is 0 Å². The fraction of sp³-hybridized carbons (Fsp3) is 0.685. The van der Waals surface area contributed by atoms with Gasteiger partial charge < -0.3 is 41.4 Å². The molecule has 4 aliphatic heterocycles. The molecule has 388 valence electrons. The van der Waals surface area contributed by atoms with Crippen molar-refractivity contribution in [2.24, 2.45) is 16.6 Å². The van der Waals surface area contributed by atoms with Crippen LogP contribution in [0.5, 0.6) is 0 Å². The number of carbonyl (C=O) groups excluding carboxylic acids is 5. The minimum absolute atomic E-state index is 0.00273. The molecule has 4 fully saturated rings. The molecule has 10 atom stereocenters. The number of unbranched alkanes of at least 4 members (excludes halogenated alkanes) is 5. The van der Waals surface area contributed by atoms with E-state index >= 15 is 0 Å². The molecule has 0 radical (unpaired) electrons. The second kappa shape index (κ2) is 26.4. The van der Waals surface area contributed by atoms with Crippen LogP contribution in [0.25, 0.3) is 0 Å². The van der Waals surface area contributed by atoms with Crippen molar-refractivity contribution in [3.63, 3.8) is 0 Å². The van der Waals surface area contributed by atoms with Crippen molar-refractivity contribution in [2.45, 2.75) is 171 Å². The largest absolute Gasteiger partial charge is 0.381 e. The highest BCUT2D eigenvalue weighted by molar-refractivity contribution is 8.00. The van der Waals surface area contributed by atoms with Gasteiger partial charge in [-0.25, -0.2) is 0 Å². The number of Topliss-reactive ketones (excluding diaryl/α,β-unsaturated/α-hetero) is 1. The first-order valence-electron chi connectivity index (χ1n) is 25.9. The maximum Gasteiger partial charge on any atom is 0.246 e. The lowest BCUT2D eigenvalue weighted by molar-refractivity contribution is -0.144. The van der Waals surface area contributed by atoms with Gasteiger partial charge in [0.1, 0.15) is 12.1 Å². The number of ether oxygens (including phenoxy) is 2. The van der Waals surface area contributed by atoms with Crippen molar-refractivity contribution in [3.05, 3.63) is 71.8 Å². The van der Waals surface area contributed by atoms with Gasteiger partial charge in [-0.15, -0.1) is 23.5 Å². The van der Waals surface area contributed by atoms with E-state index in [0.29, 0.717) is 58.0 Å². The summed E-state index contributed by atoms with van der Waals surface area (Å²) in [5, 5.41) is 12.5. The van der Waals surface area contributed by atoms with E-state index in [-0.39, 0.29) is 69.6 Å². The smallest absolute Gasteiger partial charge is 0.246 e. The van der Waals surface area contributed by atoms with Crippen LogP contribution in [-0.2, 0) is 33.4 Å². The summed E-state index contributed by atoms with van der Waals surface area (Å²) in [6.07, 6.45) is 9.54. The Morgan fingerprint density at radius 3 is 1.96 bits per heavy atom. The Morgan fingerprint density at radius 2 is 1.31 bits per heavy atom. The summed E-state index contributed by atoms with van der Waals surface area (Å²) >= 11 is 3.59. The van der Waals surface area contributed by atoms with Crippen molar-refractivity contribution < 1.29 is 33.4 Å². The van der Waals surface area contributed by atoms with Crippen LogP contribution >= 0.6 is 23.5 Å². The molecule has 0 aromatic heterocycles. The summed E-state index contributed by atoms with van der Waals surface area (Å²) in [4.78, 5) is 72.2. The molecule has 2 aromatic carbocycles. The minimum Gasteiger partial charge on any atom is -0.381 e. The molecule has 4 aliphatic rings. The average molecular weight is 1010 g/mol. The van der Waals surface area contributed by atoms with Crippen LogP contribution in [-0.4, -0.2) is 138 Å². The fourth-order valence-corrected chi connectivity index (χ4v) is 14.0. The number of fused-ring (bicyclic) bond motifs is 2. The third-order valence-corrected chi connectivity index (χ3v) is 17.3. The number of likely N-dealkylation sites (N-methyl/N-ethyl adjacent to an activating group) is 1. The Balaban J connectivity index is 0.924. The van der Waals surface area contributed by atoms with Gasteiger partial charge in [-0.1, -0.05) is 114 Å². The van der Waals surface area contributed by atoms with Gasteiger partial charge in [0.05, 0.1) is 48.1 Å². The number of rotatable bonds is 25. The molecule has 0 aliphatic carbocycles. The number of nitrogens with one attached hydrogen (secondary N) is 4. The van der Waals surface area contributed by atoms with E-state index in [1.807, 2.05) is 81.1 Å². The number of hydrogen-bond donors (Lipinski definition) is 5. The molecule has 14 nitrogen and oxygen atoms in total. The molecule has 0 unspecified atom stereocenters. The molecule has 0 spiro atoms. The van der Waals surface area contributed by atoms with Gasteiger partial charge in [0, 0.05) is 38.1 Å². The number of carbonyl (C=O) groups is 5. The molecule has 2 aromatic rings. The zero-order chi connectivity index (χ0) is 50.4. The first kappa shape index (κ1) is 55.8. The third kappa shape index (κ3) is 15.0. The standard InChI is InChI=1S/C54H83N7O7S2/c1-36(55)49(63)58-42-25-29-70-46-32-54(5,6)48(61(46)52(42)66)51(65)59-43(39-22-16-13-17-23-39)35-68-27-19-11-9-8-10-18-26-67-34-40(38-20-14-12-15-21-38)30-44(62)47-53(3,4)31-45-60(47)33-41(24-28-69-45)57-50(64)37(2)56-7/h12-17,20-23,36-37,40-43,45-48,56H,8-11,18-19,24-35,55H2,1-7H3,(H,57,64)(H,58,63)(H,59,65)/t36-,37-,40+,41-,42-,43+,45-,46-,47+,48+/m0/s1. The Labute approximate surface area is 426 Å². The molecule has 6 rings (SSSR count). The molecular weight excluding hydrogens is 923 g/mol.